The van der Waals surface area contributed by atoms with E-state index < -0.39 is 15.8 Å². The van der Waals surface area contributed by atoms with E-state index in [4.69, 9.17) is 5.73 Å². The van der Waals surface area contributed by atoms with Gasteiger partial charge in [-0.2, -0.15) is 0 Å². The zero-order chi connectivity index (χ0) is 15.8. The van der Waals surface area contributed by atoms with Crippen molar-refractivity contribution in [1.82, 2.24) is 0 Å². The van der Waals surface area contributed by atoms with Crippen LogP contribution in [0.15, 0.2) is 35.2 Å². The highest BCUT2D eigenvalue weighted by molar-refractivity contribution is 7.92. The third-order valence-electron chi connectivity index (χ3n) is 3.33. The van der Waals surface area contributed by atoms with Gasteiger partial charge in [0.25, 0.3) is 10.0 Å². The molecule has 0 heterocycles. The number of hydrogen-bond donors (Lipinski definition) is 2. The summed E-state index contributed by atoms with van der Waals surface area (Å²) in [5.41, 5.74) is 8.00. The van der Waals surface area contributed by atoms with Crippen LogP contribution >= 0.6 is 0 Å². The van der Waals surface area contributed by atoms with Crippen LogP contribution in [0.2, 0.25) is 0 Å². The average molecular weight is 308 g/mol. The lowest BCUT2D eigenvalue weighted by molar-refractivity contribution is 0.599. The molecule has 0 amide bonds. The topological polar surface area (TPSA) is 72.2 Å². The maximum Gasteiger partial charge on any atom is 0.261 e. The van der Waals surface area contributed by atoms with E-state index in [9.17, 15) is 12.8 Å². The summed E-state index contributed by atoms with van der Waals surface area (Å²) < 4.78 is 40.6. The molecule has 0 aliphatic heterocycles. The summed E-state index contributed by atoms with van der Waals surface area (Å²) in [4.78, 5) is -0.0582. The Hall–Kier alpha value is -2.08. The smallest absolute Gasteiger partial charge is 0.261 e. The molecule has 0 aliphatic rings. The van der Waals surface area contributed by atoms with Crippen molar-refractivity contribution >= 4 is 21.4 Å². The van der Waals surface area contributed by atoms with Crippen LogP contribution in [0.25, 0.3) is 0 Å². The largest absolute Gasteiger partial charge is 0.396 e. The first-order chi connectivity index (χ1) is 9.70. The van der Waals surface area contributed by atoms with Gasteiger partial charge in [-0.15, -0.1) is 0 Å². The van der Waals surface area contributed by atoms with E-state index in [0.29, 0.717) is 5.69 Å². The zero-order valence-corrected chi connectivity index (χ0v) is 12.9. The number of halogens is 1. The molecule has 4 nitrogen and oxygen atoms in total. The second-order valence-electron chi connectivity index (χ2n) is 5.05. The first-order valence-corrected chi connectivity index (χ1v) is 7.85. The number of anilines is 2. The minimum absolute atomic E-state index is 0.0582. The number of nitrogen functional groups attached to an aromatic ring is 1. The fraction of sp³-hybridized carbons (Fsp3) is 0.200. The van der Waals surface area contributed by atoms with Crippen molar-refractivity contribution in [2.45, 2.75) is 25.7 Å². The van der Waals surface area contributed by atoms with E-state index in [1.165, 1.54) is 13.0 Å². The predicted molar refractivity (Wildman–Crippen MR) is 82.3 cm³/mol. The third kappa shape index (κ3) is 3.16. The van der Waals surface area contributed by atoms with E-state index in [1.807, 2.05) is 19.9 Å². The van der Waals surface area contributed by atoms with Crippen LogP contribution in [0.1, 0.15) is 16.7 Å². The van der Waals surface area contributed by atoms with Crippen LogP contribution in [-0.2, 0) is 10.0 Å². The summed E-state index contributed by atoms with van der Waals surface area (Å²) in [7, 11) is -3.80. The van der Waals surface area contributed by atoms with Crippen molar-refractivity contribution in [3.63, 3.8) is 0 Å². The molecule has 21 heavy (non-hydrogen) atoms. The molecule has 0 atom stereocenters. The summed E-state index contributed by atoms with van der Waals surface area (Å²) in [6.07, 6.45) is 0. The summed E-state index contributed by atoms with van der Waals surface area (Å²) in [6.45, 7) is 5.31. The Kier molecular flexibility index (Phi) is 3.91. The molecular formula is C15H17FN2O2S. The quantitative estimate of drug-likeness (QED) is 0.856. The highest BCUT2D eigenvalue weighted by Gasteiger charge is 2.17. The van der Waals surface area contributed by atoms with Crippen LogP contribution in [0, 0.1) is 26.6 Å². The molecule has 0 saturated heterocycles. The van der Waals surface area contributed by atoms with E-state index in [-0.39, 0.29) is 16.1 Å². The Bertz CT molecular complexity index is 778. The standard InChI is InChI=1S/C15H17FN2O2S/c1-9-4-5-12(6-10(9)2)18-21(19,20)13-7-11(3)15(16)14(17)8-13/h4-8,18H,17H2,1-3H3. The maximum atomic E-state index is 13.5. The van der Waals surface area contributed by atoms with Crippen LogP contribution < -0.4 is 10.5 Å². The van der Waals surface area contributed by atoms with Crippen LogP contribution in [0.4, 0.5) is 15.8 Å². The fourth-order valence-electron chi connectivity index (χ4n) is 1.94. The molecule has 6 heteroatoms. The predicted octanol–water partition coefficient (Wildman–Crippen LogP) is 3.13. The molecule has 2 aromatic rings. The van der Waals surface area contributed by atoms with Gasteiger partial charge in [-0.1, -0.05) is 6.07 Å². The number of benzene rings is 2. The molecule has 2 rings (SSSR count). The Morgan fingerprint density at radius 2 is 1.67 bits per heavy atom. The van der Waals surface area contributed by atoms with Gasteiger partial charge in [-0.25, -0.2) is 12.8 Å². The van der Waals surface area contributed by atoms with E-state index in [1.54, 1.807) is 12.1 Å². The number of sulfonamides is 1. The van der Waals surface area contributed by atoms with E-state index in [2.05, 4.69) is 4.72 Å². The number of hydrogen-bond acceptors (Lipinski definition) is 3. The van der Waals surface area contributed by atoms with Gasteiger partial charge in [0.15, 0.2) is 0 Å². The van der Waals surface area contributed by atoms with Crippen molar-refractivity contribution in [2.24, 2.45) is 0 Å². The van der Waals surface area contributed by atoms with Gasteiger partial charge >= 0.3 is 0 Å². The monoisotopic (exact) mass is 308 g/mol. The Morgan fingerprint density at radius 1 is 1.00 bits per heavy atom. The van der Waals surface area contributed by atoms with Gasteiger partial charge in [0.1, 0.15) is 5.82 Å². The zero-order valence-electron chi connectivity index (χ0n) is 12.1. The fourth-order valence-corrected chi connectivity index (χ4v) is 3.11. The molecule has 112 valence electrons. The van der Waals surface area contributed by atoms with Crippen LogP contribution in [0.3, 0.4) is 0 Å². The van der Waals surface area contributed by atoms with Crippen LogP contribution in [0.5, 0.6) is 0 Å². The van der Waals surface area contributed by atoms with E-state index in [0.717, 1.165) is 17.2 Å². The Labute approximate surface area is 123 Å². The minimum Gasteiger partial charge on any atom is -0.396 e. The molecule has 0 aromatic heterocycles. The molecule has 3 N–H and O–H groups in total. The van der Waals surface area contributed by atoms with Crippen molar-refractivity contribution < 1.29 is 12.8 Å². The third-order valence-corrected chi connectivity index (χ3v) is 4.69. The van der Waals surface area contributed by atoms with Crippen molar-refractivity contribution in [3.8, 4) is 0 Å². The first-order valence-electron chi connectivity index (χ1n) is 6.36. The van der Waals surface area contributed by atoms with Crippen molar-refractivity contribution in [1.29, 1.82) is 0 Å². The maximum absolute atomic E-state index is 13.5. The second kappa shape index (κ2) is 5.37. The van der Waals surface area contributed by atoms with Gasteiger partial charge in [-0.3, -0.25) is 4.72 Å². The van der Waals surface area contributed by atoms with Gasteiger partial charge in [0, 0.05) is 5.69 Å². The first kappa shape index (κ1) is 15.3. The summed E-state index contributed by atoms with van der Waals surface area (Å²) in [5.74, 6) is -0.597. The van der Waals surface area contributed by atoms with Crippen molar-refractivity contribution in [3.05, 3.63) is 52.8 Å². The number of aryl methyl sites for hydroxylation is 3. The molecule has 0 aliphatic carbocycles. The molecule has 0 radical (unpaired) electrons. The van der Waals surface area contributed by atoms with Gasteiger partial charge in [0.05, 0.1) is 10.6 Å². The molecule has 0 bridgehead atoms. The van der Waals surface area contributed by atoms with Gasteiger partial charge < -0.3 is 5.73 Å². The van der Waals surface area contributed by atoms with Gasteiger partial charge in [0.2, 0.25) is 0 Å². The lowest BCUT2D eigenvalue weighted by Gasteiger charge is -2.11. The molecule has 0 fully saturated rings. The van der Waals surface area contributed by atoms with Gasteiger partial charge in [-0.05, 0) is 61.7 Å². The molecular weight excluding hydrogens is 291 g/mol. The highest BCUT2D eigenvalue weighted by atomic mass is 32.2. The summed E-state index contributed by atoms with van der Waals surface area (Å²) in [6, 6.07) is 7.63. The molecule has 0 saturated carbocycles. The average Bonchev–Trinajstić information content (AvgIpc) is 2.39. The van der Waals surface area contributed by atoms with E-state index >= 15 is 0 Å². The number of rotatable bonds is 3. The summed E-state index contributed by atoms with van der Waals surface area (Å²) >= 11 is 0. The Balaban J connectivity index is 2.40. The Morgan fingerprint density at radius 3 is 2.24 bits per heavy atom. The summed E-state index contributed by atoms with van der Waals surface area (Å²) in [5, 5.41) is 0. The SMILES string of the molecule is Cc1ccc(NS(=O)(=O)c2cc(C)c(F)c(N)c2)cc1C. The molecule has 2 aromatic carbocycles. The number of nitrogens with one attached hydrogen (secondary N) is 1. The minimum atomic E-state index is -3.80. The number of nitrogens with two attached hydrogens (primary N) is 1. The van der Waals surface area contributed by atoms with Crippen molar-refractivity contribution in [2.75, 3.05) is 10.5 Å². The highest BCUT2D eigenvalue weighted by Crippen LogP contribution is 2.23. The molecule has 0 unspecified atom stereocenters. The lowest BCUT2D eigenvalue weighted by Crippen LogP contribution is -2.14. The molecule has 0 spiro atoms. The second-order valence-corrected chi connectivity index (χ2v) is 6.73. The van der Waals surface area contributed by atoms with Crippen LogP contribution in [-0.4, -0.2) is 8.42 Å². The lowest BCUT2D eigenvalue weighted by atomic mass is 10.1. The normalized spacial score (nSPS) is 11.4.